The lowest BCUT2D eigenvalue weighted by Crippen LogP contribution is -3.05. The van der Waals surface area contributed by atoms with Gasteiger partial charge in [0, 0.05) is 18.5 Å². The lowest BCUT2D eigenvalue weighted by Gasteiger charge is -2.28. The molecule has 1 heterocycles. The molecule has 3 rings (SSSR count). The van der Waals surface area contributed by atoms with Gasteiger partial charge >= 0.3 is 0 Å². The van der Waals surface area contributed by atoms with E-state index in [4.69, 9.17) is 14.2 Å². The third kappa shape index (κ3) is 4.96. The van der Waals surface area contributed by atoms with E-state index in [1.54, 1.807) is 43.5 Å². The Morgan fingerprint density at radius 2 is 1.73 bits per heavy atom. The third-order valence-corrected chi connectivity index (χ3v) is 5.66. The van der Waals surface area contributed by atoms with Gasteiger partial charge in [-0.2, -0.15) is 0 Å². The van der Waals surface area contributed by atoms with Crippen molar-refractivity contribution < 1.29 is 33.8 Å². The molecule has 1 N–H and O–H groups in total. The number of nitrogens with one attached hydrogen (secondary N) is 1. The van der Waals surface area contributed by atoms with E-state index in [1.807, 2.05) is 14.1 Å². The number of rotatable bonds is 9. The van der Waals surface area contributed by atoms with Crippen molar-refractivity contribution in [3.05, 3.63) is 59.2 Å². The van der Waals surface area contributed by atoms with Crippen molar-refractivity contribution in [2.75, 3.05) is 48.5 Å². The zero-order valence-electron chi connectivity index (χ0n) is 19.6. The van der Waals surface area contributed by atoms with E-state index in [0.717, 1.165) is 6.54 Å². The molecule has 0 aromatic heterocycles. The summed E-state index contributed by atoms with van der Waals surface area (Å²) in [5.41, 5.74) is 0.823. The molecule has 8 nitrogen and oxygen atoms in total. The Balaban J connectivity index is 2.14. The molecule has 1 atom stereocenters. The van der Waals surface area contributed by atoms with Crippen LogP contribution < -0.4 is 24.2 Å². The molecule has 2 aromatic rings. The Bertz CT molecular complexity index is 1060. The number of likely N-dealkylation sites (tertiary alicyclic amines) is 1. The molecule has 176 valence electrons. The normalized spacial score (nSPS) is 17.5. The molecular weight excluding hydrogens is 424 g/mol. The number of benzene rings is 2. The molecule has 33 heavy (non-hydrogen) atoms. The minimum absolute atomic E-state index is 0.0716. The van der Waals surface area contributed by atoms with Crippen LogP contribution in [0.4, 0.5) is 0 Å². The highest BCUT2D eigenvalue weighted by atomic mass is 16.5. The monoisotopic (exact) mass is 454 g/mol. The largest absolute Gasteiger partial charge is 0.872 e. The van der Waals surface area contributed by atoms with Crippen LogP contribution >= 0.6 is 0 Å². The molecule has 1 amide bonds. The first-order valence-corrected chi connectivity index (χ1v) is 10.7. The number of quaternary nitrogens is 1. The number of Topliss-reactive ketones (excluding diaryl/α,β-unsaturated/α-hetero) is 1. The van der Waals surface area contributed by atoms with Crippen molar-refractivity contribution in [1.82, 2.24) is 4.90 Å². The predicted octanol–water partition coefficient (Wildman–Crippen LogP) is 0.471. The SMILES string of the molecule is COc1cccc(C2/C(=C(\[O-])c3ccc(OC)c(OC)c3)C(=O)C(=O)N2CCC[NH+](C)C)c1. The molecular formula is C25H30N2O6. The van der Waals surface area contributed by atoms with E-state index in [2.05, 4.69) is 0 Å². The fourth-order valence-electron chi connectivity index (χ4n) is 3.99. The zero-order valence-corrected chi connectivity index (χ0v) is 19.6. The van der Waals surface area contributed by atoms with Crippen LogP contribution in [-0.4, -0.2) is 65.1 Å². The van der Waals surface area contributed by atoms with Crippen molar-refractivity contribution in [3.63, 3.8) is 0 Å². The van der Waals surface area contributed by atoms with E-state index in [1.165, 1.54) is 30.1 Å². The highest BCUT2D eigenvalue weighted by Crippen LogP contribution is 2.40. The minimum Gasteiger partial charge on any atom is -0.872 e. The van der Waals surface area contributed by atoms with E-state index < -0.39 is 23.5 Å². The van der Waals surface area contributed by atoms with Crippen LogP contribution in [-0.2, 0) is 9.59 Å². The summed E-state index contributed by atoms with van der Waals surface area (Å²) in [6, 6.07) is 11.0. The minimum atomic E-state index is -0.794. The van der Waals surface area contributed by atoms with Crippen LogP contribution in [0.5, 0.6) is 17.2 Å². The fourth-order valence-corrected chi connectivity index (χ4v) is 3.99. The molecule has 0 spiro atoms. The summed E-state index contributed by atoms with van der Waals surface area (Å²) >= 11 is 0. The summed E-state index contributed by atoms with van der Waals surface area (Å²) in [6.45, 7) is 1.18. The summed E-state index contributed by atoms with van der Waals surface area (Å²) in [5, 5.41) is 13.6. The van der Waals surface area contributed by atoms with Gasteiger partial charge in [-0.25, -0.2) is 0 Å². The number of ether oxygens (including phenoxy) is 3. The fraction of sp³-hybridized carbons (Fsp3) is 0.360. The Labute approximate surface area is 194 Å². The van der Waals surface area contributed by atoms with Gasteiger partial charge in [0.05, 0.1) is 48.0 Å². The van der Waals surface area contributed by atoms with Crippen LogP contribution in [0.2, 0.25) is 0 Å². The van der Waals surface area contributed by atoms with E-state index in [0.29, 0.717) is 35.8 Å². The molecule has 1 fully saturated rings. The predicted molar refractivity (Wildman–Crippen MR) is 121 cm³/mol. The molecule has 0 radical (unpaired) electrons. The lowest BCUT2D eigenvalue weighted by atomic mass is 9.95. The lowest BCUT2D eigenvalue weighted by molar-refractivity contribution is -0.858. The maximum absolute atomic E-state index is 13.6. The van der Waals surface area contributed by atoms with E-state index >= 15 is 0 Å². The molecule has 1 aliphatic heterocycles. The molecule has 8 heteroatoms. The van der Waals surface area contributed by atoms with Gasteiger partial charge in [-0.3, -0.25) is 9.59 Å². The number of nitrogens with zero attached hydrogens (tertiary/aromatic N) is 1. The van der Waals surface area contributed by atoms with Crippen LogP contribution in [0.25, 0.3) is 5.76 Å². The molecule has 0 bridgehead atoms. The van der Waals surface area contributed by atoms with Crippen molar-refractivity contribution in [1.29, 1.82) is 0 Å². The first-order valence-electron chi connectivity index (χ1n) is 10.7. The van der Waals surface area contributed by atoms with Crippen molar-refractivity contribution in [3.8, 4) is 17.2 Å². The van der Waals surface area contributed by atoms with Gasteiger partial charge < -0.3 is 29.1 Å². The first-order chi connectivity index (χ1) is 15.8. The number of amides is 1. The highest BCUT2D eigenvalue weighted by molar-refractivity contribution is 6.46. The molecule has 0 saturated carbocycles. The molecule has 1 saturated heterocycles. The third-order valence-electron chi connectivity index (χ3n) is 5.66. The van der Waals surface area contributed by atoms with Gasteiger partial charge in [-0.15, -0.1) is 0 Å². The summed E-state index contributed by atoms with van der Waals surface area (Å²) < 4.78 is 15.9. The number of carbonyl (C=O) groups is 2. The van der Waals surface area contributed by atoms with Crippen molar-refractivity contribution in [2.45, 2.75) is 12.5 Å². The van der Waals surface area contributed by atoms with Gasteiger partial charge in [0.25, 0.3) is 5.91 Å². The van der Waals surface area contributed by atoms with Gasteiger partial charge in [0.1, 0.15) is 5.75 Å². The maximum Gasteiger partial charge on any atom is 0.295 e. The first kappa shape index (κ1) is 24.1. The maximum atomic E-state index is 13.6. The summed E-state index contributed by atoms with van der Waals surface area (Å²) in [7, 11) is 8.56. The highest BCUT2D eigenvalue weighted by Gasteiger charge is 2.44. The standard InChI is InChI=1S/C25H30N2O6/c1-26(2)12-7-13-27-22(16-8-6-9-18(14-16)31-3)21(24(29)25(27)30)23(28)17-10-11-19(32-4)20(15-17)33-5/h6,8-11,14-15,22,28H,7,12-13H2,1-5H3/b23-21+. The number of ketones is 1. The van der Waals surface area contributed by atoms with Gasteiger partial charge in [-0.05, 0) is 35.4 Å². The van der Waals surface area contributed by atoms with Crippen LogP contribution in [0.1, 0.15) is 23.6 Å². The zero-order chi connectivity index (χ0) is 24.1. The summed E-state index contributed by atoms with van der Waals surface area (Å²) in [4.78, 5) is 28.8. The topological polar surface area (TPSA) is 92.6 Å². The molecule has 1 aliphatic rings. The second kappa shape index (κ2) is 10.4. The molecule has 0 aliphatic carbocycles. The second-order valence-electron chi connectivity index (χ2n) is 8.13. The van der Waals surface area contributed by atoms with Crippen molar-refractivity contribution in [2.24, 2.45) is 0 Å². The summed E-state index contributed by atoms with van der Waals surface area (Å²) in [5.74, 6) is -0.549. The van der Waals surface area contributed by atoms with Gasteiger partial charge in [-0.1, -0.05) is 24.0 Å². The second-order valence-corrected chi connectivity index (χ2v) is 8.13. The van der Waals surface area contributed by atoms with Gasteiger partial charge in [0.15, 0.2) is 11.5 Å². The van der Waals surface area contributed by atoms with Crippen LogP contribution in [0.3, 0.4) is 0 Å². The molecule has 2 aromatic carbocycles. The van der Waals surface area contributed by atoms with Gasteiger partial charge in [0.2, 0.25) is 5.78 Å². The Hall–Kier alpha value is -3.52. The number of hydrogen-bond acceptors (Lipinski definition) is 6. The average molecular weight is 455 g/mol. The average Bonchev–Trinajstić information content (AvgIpc) is 3.07. The van der Waals surface area contributed by atoms with E-state index in [9.17, 15) is 14.7 Å². The Morgan fingerprint density at radius 1 is 1.00 bits per heavy atom. The summed E-state index contributed by atoms with van der Waals surface area (Å²) in [6.07, 6.45) is 0.694. The number of hydrogen-bond donors (Lipinski definition) is 1. The van der Waals surface area contributed by atoms with E-state index in [-0.39, 0.29) is 11.1 Å². The Kier molecular flexibility index (Phi) is 7.60. The Morgan fingerprint density at radius 3 is 2.36 bits per heavy atom. The van der Waals surface area contributed by atoms with Crippen LogP contribution in [0.15, 0.2) is 48.0 Å². The number of carbonyl (C=O) groups excluding carboxylic acids is 2. The quantitative estimate of drug-likeness (QED) is 0.337. The smallest absolute Gasteiger partial charge is 0.295 e. The van der Waals surface area contributed by atoms with Crippen molar-refractivity contribution >= 4 is 17.4 Å². The van der Waals surface area contributed by atoms with Crippen LogP contribution in [0, 0.1) is 0 Å². The molecule has 1 unspecified atom stereocenters. The number of methoxy groups -OCH3 is 3.